The third kappa shape index (κ3) is 5.35. The van der Waals surface area contributed by atoms with E-state index in [1.165, 1.54) is 43.8 Å². The van der Waals surface area contributed by atoms with Gasteiger partial charge in [-0.15, -0.1) is 0 Å². The summed E-state index contributed by atoms with van der Waals surface area (Å²) in [4.78, 5) is 4.15. The minimum absolute atomic E-state index is 0.0626. The summed E-state index contributed by atoms with van der Waals surface area (Å²) in [6, 6.07) is 15.8. The number of aromatic nitrogens is 1. The van der Waals surface area contributed by atoms with Gasteiger partial charge in [0.15, 0.2) is 9.84 Å². The van der Waals surface area contributed by atoms with Crippen LogP contribution >= 0.6 is 0 Å². The van der Waals surface area contributed by atoms with Crippen LogP contribution in [0.3, 0.4) is 0 Å². The van der Waals surface area contributed by atoms with Crippen LogP contribution in [0, 0.1) is 0 Å². The summed E-state index contributed by atoms with van der Waals surface area (Å²) in [5, 5.41) is -1.16. The minimum atomic E-state index is -3.92. The Hall–Kier alpha value is -2.75. The molecule has 9 heteroatoms. The number of benzene rings is 2. The van der Waals surface area contributed by atoms with Gasteiger partial charge in [0.05, 0.1) is 16.9 Å². The molecular formula is C23H26N2O5S2. The Bertz CT molecular complexity index is 1240. The summed E-state index contributed by atoms with van der Waals surface area (Å²) in [7, 11) is -6.35. The van der Waals surface area contributed by atoms with Crippen molar-refractivity contribution in [1.29, 1.82) is 0 Å². The Morgan fingerprint density at radius 2 is 1.50 bits per heavy atom. The van der Waals surface area contributed by atoms with E-state index in [-0.39, 0.29) is 22.3 Å². The molecule has 3 rings (SSSR count). The molecule has 32 heavy (non-hydrogen) atoms. The van der Waals surface area contributed by atoms with Crippen LogP contribution in [-0.4, -0.2) is 35.5 Å². The van der Waals surface area contributed by atoms with Crippen molar-refractivity contribution in [3.05, 3.63) is 84.2 Å². The zero-order valence-corrected chi connectivity index (χ0v) is 19.7. The molecule has 0 saturated heterocycles. The molecule has 0 radical (unpaired) electrons. The van der Waals surface area contributed by atoms with Crippen molar-refractivity contribution in [2.45, 2.75) is 34.8 Å². The molecule has 0 aliphatic rings. The lowest BCUT2D eigenvalue weighted by Crippen LogP contribution is -2.32. The first kappa shape index (κ1) is 23.9. The van der Waals surface area contributed by atoms with Gasteiger partial charge in [-0.3, -0.25) is 4.98 Å². The van der Waals surface area contributed by atoms with Crippen LogP contribution in [0.1, 0.15) is 36.1 Å². The van der Waals surface area contributed by atoms with Gasteiger partial charge in [0.2, 0.25) is 10.0 Å². The molecule has 2 aromatic carbocycles. The number of ether oxygens (including phenoxy) is 1. The lowest BCUT2D eigenvalue weighted by molar-refractivity contribution is 0.414. The largest absolute Gasteiger partial charge is 0.497 e. The van der Waals surface area contributed by atoms with Crippen molar-refractivity contribution in [2.75, 3.05) is 13.7 Å². The summed E-state index contributed by atoms with van der Waals surface area (Å²) in [6.07, 6.45) is 2.96. The Labute approximate surface area is 189 Å². The Morgan fingerprint density at radius 3 is 2.03 bits per heavy atom. The third-order valence-electron chi connectivity index (χ3n) is 5.13. The number of hydrogen-bond acceptors (Lipinski definition) is 6. The quantitative estimate of drug-likeness (QED) is 0.507. The fourth-order valence-electron chi connectivity index (χ4n) is 3.20. The van der Waals surface area contributed by atoms with Crippen molar-refractivity contribution < 1.29 is 21.6 Å². The van der Waals surface area contributed by atoms with Crippen LogP contribution in [0.5, 0.6) is 5.75 Å². The number of hydrogen-bond donors (Lipinski definition) is 1. The molecule has 170 valence electrons. The fraction of sp³-hybridized carbons (Fsp3) is 0.261. The smallest absolute Gasteiger partial charge is 0.240 e. The summed E-state index contributed by atoms with van der Waals surface area (Å²) < 4.78 is 60.1. The lowest BCUT2D eigenvalue weighted by Gasteiger charge is -2.19. The van der Waals surface area contributed by atoms with Gasteiger partial charge in [-0.2, -0.15) is 0 Å². The average molecular weight is 475 g/mol. The van der Waals surface area contributed by atoms with E-state index < -0.39 is 25.1 Å². The highest BCUT2D eigenvalue weighted by atomic mass is 32.2. The minimum Gasteiger partial charge on any atom is -0.497 e. The zero-order valence-electron chi connectivity index (χ0n) is 18.1. The second kappa shape index (κ2) is 9.81. The van der Waals surface area contributed by atoms with E-state index in [0.717, 1.165) is 5.56 Å². The van der Waals surface area contributed by atoms with Gasteiger partial charge < -0.3 is 4.74 Å². The van der Waals surface area contributed by atoms with Crippen LogP contribution in [0.4, 0.5) is 0 Å². The van der Waals surface area contributed by atoms with Gasteiger partial charge >= 0.3 is 0 Å². The maximum absolute atomic E-state index is 13.4. The average Bonchev–Trinajstić information content (AvgIpc) is 2.79. The van der Waals surface area contributed by atoms with Gasteiger partial charge in [0.1, 0.15) is 11.0 Å². The number of methoxy groups -OCH3 is 1. The van der Waals surface area contributed by atoms with Crippen LogP contribution in [-0.2, 0) is 19.9 Å². The first-order chi connectivity index (χ1) is 15.1. The predicted octanol–water partition coefficient (Wildman–Crippen LogP) is 3.71. The normalized spacial score (nSPS) is 13.1. The highest BCUT2D eigenvalue weighted by Gasteiger charge is 2.31. The maximum Gasteiger partial charge on any atom is 0.240 e. The SMILES string of the molecule is COc1ccc(S(=O)(=O)[C@H](CNS(=O)(=O)c2ccc(C(C)C)cc2)c2cccnc2)cc1. The van der Waals surface area contributed by atoms with E-state index >= 15 is 0 Å². The number of sulfonamides is 1. The van der Waals surface area contributed by atoms with Crippen molar-refractivity contribution >= 4 is 19.9 Å². The van der Waals surface area contributed by atoms with Gasteiger partial charge in [0, 0.05) is 18.9 Å². The molecule has 0 bridgehead atoms. The molecular weight excluding hydrogens is 448 g/mol. The molecule has 3 aromatic rings. The van der Waals surface area contributed by atoms with Crippen LogP contribution < -0.4 is 9.46 Å². The Kier molecular flexibility index (Phi) is 7.33. The van der Waals surface area contributed by atoms with Crippen LogP contribution in [0.25, 0.3) is 0 Å². The molecule has 1 heterocycles. The number of sulfone groups is 1. The first-order valence-electron chi connectivity index (χ1n) is 10.0. The molecule has 7 nitrogen and oxygen atoms in total. The van der Waals surface area contributed by atoms with E-state index in [0.29, 0.717) is 11.3 Å². The van der Waals surface area contributed by atoms with Crippen LogP contribution in [0.15, 0.2) is 82.8 Å². The number of nitrogens with one attached hydrogen (secondary N) is 1. The molecule has 0 fully saturated rings. The molecule has 0 amide bonds. The molecule has 1 atom stereocenters. The highest BCUT2D eigenvalue weighted by Crippen LogP contribution is 2.30. The van der Waals surface area contributed by atoms with Crippen molar-refractivity contribution in [3.8, 4) is 5.75 Å². The molecule has 0 unspecified atom stereocenters. The topological polar surface area (TPSA) is 102 Å². The van der Waals surface area contributed by atoms with E-state index in [4.69, 9.17) is 4.74 Å². The van der Waals surface area contributed by atoms with E-state index in [1.54, 1.807) is 36.4 Å². The summed E-state index contributed by atoms with van der Waals surface area (Å²) in [5.41, 5.74) is 1.40. The van der Waals surface area contributed by atoms with E-state index in [9.17, 15) is 16.8 Å². The van der Waals surface area contributed by atoms with Crippen molar-refractivity contribution in [3.63, 3.8) is 0 Å². The van der Waals surface area contributed by atoms with Gasteiger partial charge in [-0.25, -0.2) is 21.6 Å². The lowest BCUT2D eigenvalue weighted by atomic mass is 10.0. The van der Waals surface area contributed by atoms with Gasteiger partial charge in [-0.05, 0) is 59.5 Å². The molecule has 0 saturated carbocycles. The van der Waals surface area contributed by atoms with Crippen LogP contribution in [0.2, 0.25) is 0 Å². The molecule has 0 aliphatic heterocycles. The summed E-state index contributed by atoms with van der Waals surface area (Å²) in [5.74, 6) is 0.789. The fourth-order valence-corrected chi connectivity index (χ4v) is 6.00. The summed E-state index contributed by atoms with van der Waals surface area (Å²) >= 11 is 0. The van der Waals surface area contributed by atoms with Gasteiger partial charge in [0.25, 0.3) is 0 Å². The highest BCUT2D eigenvalue weighted by molar-refractivity contribution is 7.92. The monoisotopic (exact) mass is 474 g/mol. The Balaban J connectivity index is 1.91. The van der Waals surface area contributed by atoms with E-state index in [2.05, 4.69) is 9.71 Å². The molecule has 0 aliphatic carbocycles. The first-order valence-corrected chi connectivity index (χ1v) is 13.1. The Morgan fingerprint density at radius 1 is 0.875 bits per heavy atom. The van der Waals surface area contributed by atoms with E-state index in [1.807, 2.05) is 13.8 Å². The maximum atomic E-state index is 13.4. The number of nitrogens with zero attached hydrogens (tertiary/aromatic N) is 1. The second-order valence-electron chi connectivity index (χ2n) is 7.57. The molecule has 0 spiro atoms. The number of pyridine rings is 1. The number of rotatable bonds is 9. The van der Waals surface area contributed by atoms with Gasteiger partial charge in [-0.1, -0.05) is 32.0 Å². The van der Waals surface area contributed by atoms with Crippen molar-refractivity contribution in [2.24, 2.45) is 0 Å². The molecule has 1 aromatic heterocycles. The second-order valence-corrected chi connectivity index (χ2v) is 11.5. The standard InChI is InChI=1S/C23H26N2O5S2/c1-17(2)18-6-10-22(11-7-18)32(28,29)25-16-23(19-5-4-14-24-15-19)31(26,27)21-12-8-20(30-3)9-13-21/h4-15,17,23,25H,16H2,1-3H3/t23-/m1/s1. The third-order valence-corrected chi connectivity index (χ3v) is 8.69. The zero-order chi connectivity index (χ0) is 23.4. The van der Waals surface area contributed by atoms with Crippen molar-refractivity contribution in [1.82, 2.24) is 9.71 Å². The molecule has 1 N–H and O–H groups in total. The predicted molar refractivity (Wildman–Crippen MR) is 123 cm³/mol. The summed E-state index contributed by atoms with van der Waals surface area (Å²) in [6.45, 7) is 3.70.